The molecule has 4 heteroatoms. The van der Waals surface area contributed by atoms with Crippen molar-refractivity contribution in [1.29, 1.82) is 0 Å². The summed E-state index contributed by atoms with van der Waals surface area (Å²) in [7, 11) is 0. The first-order chi connectivity index (χ1) is 8.10. The SMILES string of the molecule is CCCCN(CC)C(=O)[C@@H]1CC[C@H](C(=O)O)C1. The third kappa shape index (κ3) is 3.72. The van der Waals surface area contributed by atoms with E-state index in [1.165, 1.54) is 0 Å². The molecule has 1 amide bonds. The molecule has 4 nitrogen and oxygen atoms in total. The van der Waals surface area contributed by atoms with Gasteiger partial charge in [0, 0.05) is 19.0 Å². The maximum absolute atomic E-state index is 12.2. The second-order valence-electron chi connectivity index (χ2n) is 4.82. The normalized spacial score (nSPS) is 23.6. The first-order valence-corrected chi connectivity index (χ1v) is 6.61. The lowest BCUT2D eigenvalue weighted by Gasteiger charge is -2.24. The standard InChI is InChI=1S/C13H23NO3/c1-3-5-8-14(4-2)12(15)10-6-7-11(9-10)13(16)17/h10-11H,3-9H2,1-2H3,(H,16,17)/t10-,11+/m1/s1. The molecule has 0 radical (unpaired) electrons. The van der Waals surface area contributed by atoms with Gasteiger partial charge in [-0.25, -0.2) is 0 Å². The number of hydrogen-bond donors (Lipinski definition) is 1. The van der Waals surface area contributed by atoms with Gasteiger partial charge in [0.1, 0.15) is 0 Å². The Morgan fingerprint density at radius 3 is 2.35 bits per heavy atom. The van der Waals surface area contributed by atoms with Gasteiger partial charge in [-0.05, 0) is 32.6 Å². The Hall–Kier alpha value is -1.06. The maximum atomic E-state index is 12.2. The van der Waals surface area contributed by atoms with Crippen LogP contribution in [0.1, 0.15) is 46.0 Å². The molecule has 1 aliphatic carbocycles. The van der Waals surface area contributed by atoms with Crippen molar-refractivity contribution in [1.82, 2.24) is 4.90 Å². The summed E-state index contributed by atoms with van der Waals surface area (Å²) in [6, 6.07) is 0. The van der Waals surface area contributed by atoms with Gasteiger partial charge in [-0.2, -0.15) is 0 Å². The number of carboxylic acid groups (broad SMARTS) is 1. The van der Waals surface area contributed by atoms with Crippen LogP contribution in [0.3, 0.4) is 0 Å². The molecule has 0 aromatic rings. The van der Waals surface area contributed by atoms with E-state index in [1.807, 2.05) is 11.8 Å². The van der Waals surface area contributed by atoms with Gasteiger partial charge in [-0.3, -0.25) is 9.59 Å². The van der Waals surface area contributed by atoms with Crippen molar-refractivity contribution in [3.05, 3.63) is 0 Å². The van der Waals surface area contributed by atoms with E-state index in [-0.39, 0.29) is 17.7 Å². The number of hydrogen-bond acceptors (Lipinski definition) is 2. The molecule has 1 aliphatic rings. The van der Waals surface area contributed by atoms with Gasteiger partial charge in [0.2, 0.25) is 5.91 Å². The van der Waals surface area contributed by atoms with E-state index in [0.717, 1.165) is 32.4 Å². The highest BCUT2D eigenvalue weighted by atomic mass is 16.4. The van der Waals surface area contributed by atoms with Crippen LogP contribution >= 0.6 is 0 Å². The zero-order valence-electron chi connectivity index (χ0n) is 10.8. The molecule has 2 atom stereocenters. The molecule has 0 aromatic carbocycles. The van der Waals surface area contributed by atoms with Gasteiger partial charge in [0.15, 0.2) is 0 Å². The minimum atomic E-state index is -0.753. The number of carbonyl (C=O) groups is 2. The Kier molecular flexibility index (Phi) is 5.45. The number of nitrogens with zero attached hydrogens (tertiary/aromatic N) is 1. The molecule has 1 rings (SSSR count). The summed E-state index contributed by atoms with van der Waals surface area (Å²) in [6.45, 7) is 5.62. The van der Waals surface area contributed by atoms with Crippen LogP contribution < -0.4 is 0 Å². The smallest absolute Gasteiger partial charge is 0.306 e. The fraction of sp³-hybridized carbons (Fsp3) is 0.846. The molecule has 0 heterocycles. The van der Waals surface area contributed by atoms with Gasteiger partial charge in [-0.1, -0.05) is 13.3 Å². The molecular weight excluding hydrogens is 218 g/mol. The van der Waals surface area contributed by atoms with Crippen LogP contribution in [0.2, 0.25) is 0 Å². The van der Waals surface area contributed by atoms with Crippen LogP contribution in [0.4, 0.5) is 0 Å². The Labute approximate surface area is 103 Å². The molecule has 1 saturated carbocycles. The summed E-state index contributed by atoms with van der Waals surface area (Å²) in [5, 5.41) is 8.93. The fourth-order valence-corrected chi connectivity index (χ4v) is 2.46. The average Bonchev–Trinajstić information content (AvgIpc) is 2.79. The Morgan fingerprint density at radius 1 is 1.24 bits per heavy atom. The fourth-order valence-electron chi connectivity index (χ4n) is 2.46. The number of rotatable bonds is 6. The van der Waals surface area contributed by atoms with E-state index < -0.39 is 5.97 Å². The number of amides is 1. The average molecular weight is 241 g/mol. The highest BCUT2D eigenvalue weighted by Gasteiger charge is 2.35. The minimum Gasteiger partial charge on any atom is -0.481 e. The molecule has 17 heavy (non-hydrogen) atoms. The van der Waals surface area contributed by atoms with E-state index in [2.05, 4.69) is 6.92 Å². The van der Waals surface area contributed by atoms with Crippen molar-refractivity contribution >= 4 is 11.9 Å². The Balaban J connectivity index is 2.49. The second kappa shape index (κ2) is 6.62. The topological polar surface area (TPSA) is 57.6 Å². The molecule has 0 unspecified atom stereocenters. The highest BCUT2D eigenvalue weighted by molar-refractivity contribution is 5.81. The molecular formula is C13H23NO3. The summed E-state index contributed by atoms with van der Waals surface area (Å²) in [5.41, 5.74) is 0. The van der Waals surface area contributed by atoms with Gasteiger partial charge in [0.05, 0.1) is 5.92 Å². The first-order valence-electron chi connectivity index (χ1n) is 6.61. The molecule has 0 aliphatic heterocycles. The van der Waals surface area contributed by atoms with Crippen molar-refractivity contribution in [3.8, 4) is 0 Å². The third-order valence-corrected chi connectivity index (χ3v) is 3.61. The second-order valence-corrected chi connectivity index (χ2v) is 4.82. The third-order valence-electron chi connectivity index (χ3n) is 3.61. The molecule has 1 N–H and O–H groups in total. The van der Waals surface area contributed by atoms with E-state index in [9.17, 15) is 9.59 Å². The van der Waals surface area contributed by atoms with Crippen molar-refractivity contribution in [2.24, 2.45) is 11.8 Å². The molecule has 0 spiro atoms. The lowest BCUT2D eigenvalue weighted by molar-refractivity contribution is -0.141. The first kappa shape index (κ1) is 14.0. The van der Waals surface area contributed by atoms with Crippen LogP contribution in [0.5, 0.6) is 0 Å². The molecule has 0 aromatic heterocycles. The van der Waals surface area contributed by atoms with E-state index in [4.69, 9.17) is 5.11 Å². The van der Waals surface area contributed by atoms with Crippen LogP contribution in [-0.4, -0.2) is 35.0 Å². The summed E-state index contributed by atoms with van der Waals surface area (Å²) >= 11 is 0. The maximum Gasteiger partial charge on any atom is 0.306 e. The number of carboxylic acids is 1. The molecule has 1 fully saturated rings. The van der Waals surface area contributed by atoms with Crippen molar-refractivity contribution in [2.75, 3.05) is 13.1 Å². The Bertz CT molecular complexity index is 278. The quantitative estimate of drug-likeness (QED) is 0.775. The summed E-state index contributed by atoms with van der Waals surface area (Å²) in [6.07, 6.45) is 4.01. The zero-order chi connectivity index (χ0) is 12.8. The van der Waals surface area contributed by atoms with Crippen molar-refractivity contribution in [2.45, 2.75) is 46.0 Å². The summed E-state index contributed by atoms with van der Waals surface area (Å²) in [4.78, 5) is 24.9. The summed E-state index contributed by atoms with van der Waals surface area (Å²) < 4.78 is 0. The molecule has 98 valence electrons. The van der Waals surface area contributed by atoms with Gasteiger partial charge < -0.3 is 10.0 Å². The summed E-state index contributed by atoms with van der Waals surface area (Å²) in [5.74, 6) is -0.969. The zero-order valence-corrected chi connectivity index (χ0v) is 10.8. The van der Waals surface area contributed by atoms with Crippen LogP contribution in [-0.2, 0) is 9.59 Å². The number of aliphatic carboxylic acids is 1. The largest absolute Gasteiger partial charge is 0.481 e. The van der Waals surface area contributed by atoms with E-state index in [1.54, 1.807) is 0 Å². The van der Waals surface area contributed by atoms with E-state index in [0.29, 0.717) is 12.8 Å². The Morgan fingerprint density at radius 2 is 1.88 bits per heavy atom. The van der Waals surface area contributed by atoms with Crippen molar-refractivity contribution < 1.29 is 14.7 Å². The predicted octanol–water partition coefficient (Wildman–Crippen LogP) is 2.14. The lowest BCUT2D eigenvalue weighted by atomic mass is 10.0. The van der Waals surface area contributed by atoms with E-state index >= 15 is 0 Å². The molecule has 0 bridgehead atoms. The van der Waals surface area contributed by atoms with Gasteiger partial charge >= 0.3 is 5.97 Å². The lowest BCUT2D eigenvalue weighted by Crippen LogP contribution is -2.36. The van der Waals surface area contributed by atoms with Gasteiger partial charge in [-0.15, -0.1) is 0 Å². The van der Waals surface area contributed by atoms with Crippen molar-refractivity contribution in [3.63, 3.8) is 0 Å². The monoisotopic (exact) mass is 241 g/mol. The highest BCUT2D eigenvalue weighted by Crippen LogP contribution is 2.32. The number of unbranched alkanes of at least 4 members (excludes halogenated alkanes) is 1. The predicted molar refractivity (Wildman–Crippen MR) is 65.6 cm³/mol. The van der Waals surface area contributed by atoms with Crippen LogP contribution in [0, 0.1) is 11.8 Å². The minimum absolute atomic E-state index is 0.0621. The molecule has 0 saturated heterocycles. The van der Waals surface area contributed by atoms with Crippen LogP contribution in [0.15, 0.2) is 0 Å². The van der Waals surface area contributed by atoms with Crippen LogP contribution in [0.25, 0.3) is 0 Å². The number of carbonyl (C=O) groups excluding carboxylic acids is 1. The van der Waals surface area contributed by atoms with Gasteiger partial charge in [0.25, 0.3) is 0 Å².